The molecule has 232 valence electrons. The molecule has 1 N–H and O–H groups in total. The molecule has 3 saturated heterocycles. The Morgan fingerprint density at radius 1 is 0.930 bits per heavy atom. The molecular formula is C34H47N5O4. The third kappa shape index (κ3) is 7.27. The van der Waals surface area contributed by atoms with E-state index in [0.717, 1.165) is 77.3 Å². The van der Waals surface area contributed by atoms with Crippen LogP contribution >= 0.6 is 0 Å². The number of hydrogen-bond acceptors (Lipinski definition) is 7. The molecule has 1 atom stereocenters. The first-order valence-corrected chi connectivity index (χ1v) is 16.1. The molecule has 0 bridgehead atoms. The number of nitrogens with one attached hydrogen (secondary N) is 1. The topological polar surface area (TPSA) is 77.6 Å². The van der Waals surface area contributed by atoms with Crippen LogP contribution in [-0.2, 0) is 20.9 Å². The fourth-order valence-electron chi connectivity index (χ4n) is 6.58. The molecule has 0 aromatic heterocycles. The maximum atomic E-state index is 14.0. The summed E-state index contributed by atoms with van der Waals surface area (Å²) in [5.41, 5.74) is 2.49. The Labute approximate surface area is 256 Å². The summed E-state index contributed by atoms with van der Waals surface area (Å²) < 4.78 is 11.8. The molecule has 1 aliphatic carbocycles. The Kier molecular flexibility index (Phi) is 9.09. The predicted molar refractivity (Wildman–Crippen MR) is 169 cm³/mol. The molecule has 4 aliphatic rings. The van der Waals surface area contributed by atoms with Gasteiger partial charge in [0.15, 0.2) is 5.60 Å². The summed E-state index contributed by atoms with van der Waals surface area (Å²) in [4.78, 5) is 35.8. The SMILES string of the molecule is CC(C)(Oc1cccc(N2CCC[C@@H](C(=O)N(Cc3ccc(N4CCOCC4)cc3)C3CC3)C2)c1)C(=O)N1CCNCC1. The highest BCUT2D eigenvalue weighted by Gasteiger charge is 2.38. The second kappa shape index (κ2) is 13.1. The van der Waals surface area contributed by atoms with Gasteiger partial charge in [0.2, 0.25) is 5.91 Å². The molecular weight excluding hydrogens is 542 g/mol. The standard InChI is InChI=1S/C34H47N5O4/c1-34(2,33(41)37-17-14-35-15-18-37)43-31-7-3-6-30(23-31)38-16-4-5-27(25-38)32(40)39(29-12-13-29)24-26-8-10-28(11-9-26)36-19-21-42-22-20-36/h3,6-11,23,27,29,35H,4-5,12-22,24-25H2,1-2H3/t27-/m1/s1. The fraction of sp³-hybridized carbons (Fsp3) is 0.588. The van der Waals surface area contributed by atoms with Gasteiger partial charge in [-0.1, -0.05) is 18.2 Å². The number of carbonyl (C=O) groups is 2. The Balaban J connectivity index is 1.09. The fourth-order valence-corrected chi connectivity index (χ4v) is 6.58. The highest BCUT2D eigenvalue weighted by molar-refractivity contribution is 5.85. The van der Waals surface area contributed by atoms with Gasteiger partial charge in [-0.25, -0.2) is 0 Å². The quantitative estimate of drug-likeness (QED) is 0.480. The molecule has 0 spiro atoms. The van der Waals surface area contributed by atoms with E-state index in [1.165, 1.54) is 11.3 Å². The minimum Gasteiger partial charge on any atom is -0.478 e. The summed E-state index contributed by atoms with van der Waals surface area (Å²) >= 11 is 0. The van der Waals surface area contributed by atoms with Crippen LogP contribution < -0.4 is 19.9 Å². The first kappa shape index (κ1) is 29.8. The van der Waals surface area contributed by atoms with Crippen LogP contribution in [0.2, 0.25) is 0 Å². The van der Waals surface area contributed by atoms with Crippen molar-refractivity contribution in [3.63, 3.8) is 0 Å². The zero-order chi connectivity index (χ0) is 29.8. The van der Waals surface area contributed by atoms with Crippen LogP contribution in [0.25, 0.3) is 0 Å². The van der Waals surface area contributed by atoms with Crippen molar-refractivity contribution in [3.05, 3.63) is 54.1 Å². The van der Waals surface area contributed by atoms with Gasteiger partial charge in [-0.15, -0.1) is 0 Å². The van der Waals surface area contributed by atoms with Crippen molar-refractivity contribution in [1.82, 2.24) is 15.1 Å². The van der Waals surface area contributed by atoms with E-state index in [9.17, 15) is 9.59 Å². The normalized spacial score (nSPS) is 21.4. The van der Waals surface area contributed by atoms with Crippen molar-refractivity contribution >= 4 is 23.2 Å². The molecule has 2 aromatic rings. The van der Waals surface area contributed by atoms with Crippen molar-refractivity contribution in [3.8, 4) is 5.75 Å². The maximum absolute atomic E-state index is 14.0. The van der Waals surface area contributed by atoms with E-state index in [-0.39, 0.29) is 17.7 Å². The van der Waals surface area contributed by atoms with Gasteiger partial charge in [0, 0.05) is 82.4 Å². The third-order valence-electron chi connectivity index (χ3n) is 9.18. The van der Waals surface area contributed by atoms with Gasteiger partial charge in [-0.05, 0) is 69.4 Å². The average Bonchev–Trinajstić information content (AvgIpc) is 3.90. The lowest BCUT2D eigenvalue weighted by molar-refractivity contribution is -0.146. The second-order valence-electron chi connectivity index (χ2n) is 12.9. The van der Waals surface area contributed by atoms with Crippen LogP contribution in [0.1, 0.15) is 45.1 Å². The molecule has 43 heavy (non-hydrogen) atoms. The van der Waals surface area contributed by atoms with E-state index in [0.29, 0.717) is 38.0 Å². The van der Waals surface area contributed by atoms with E-state index < -0.39 is 5.60 Å². The van der Waals surface area contributed by atoms with Gasteiger partial charge in [-0.3, -0.25) is 9.59 Å². The second-order valence-corrected chi connectivity index (χ2v) is 12.9. The van der Waals surface area contributed by atoms with E-state index in [1.54, 1.807) is 0 Å². The number of anilines is 2. The monoisotopic (exact) mass is 589 g/mol. The summed E-state index contributed by atoms with van der Waals surface area (Å²) in [6, 6.07) is 17.1. The molecule has 6 rings (SSSR count). The molecule has 1 saturated carbocycles. The van der Waals surface area contributed by atoms with Gasteiger partial charge < -0.3 is 34.4 Å². The van der Waals surface area contributed by atoms with Crippen molar-refractivity contribution < 1.29 is 19.1 Å². The number of amides is 2. The highest BCUT2D eigenvalue weighted by atomic mass is 16.5. The van der Waals surface area contributed by atoms with Crippen molar-refractivity contribution in [2.45, 2.75) is 57.7 Å². The summed E-state index contributed by atoms with van der Waals surface area (Å²) in [5.74, 6) is 0.940. The minimum atomic E-state index is -0.957. The first-order chi connectivity index (χ1) is 20.9. The van der Waals surface area contributed by atoms with Crippen LogP contribution in [-0.4, -0.2) is 98.8 Å². The van der Waals surface area contributed by atoms with E-state index in [4.69, 9.17) is 9.47 Å². The van der Waals surface area contributed by atoms with E-state index >= 15 is 0 Å². The van der Waals surface area contributed by atoms with Crippen LogP contribution in [0, 0.1) is 5.92 Å². The number of carbonyl (C=O) groups excluding carboxylic acids is 2. The lowest BCUT2D eigenvalue weighted by atomic mass is 9.95. The van der Waals surface area contributed by atoms with Gasteiger partial charge in [0.05, 0.1) is 19.1 Å². The molecule has 2 aromatic carbocycles. The van der Waals surface area contributed by atoms with Gasteiger partial charge in [0.25, 0.3) is 5.91 Å². The predicted octanol–water partition coefficient (Wildman–Crippen LogP) is 3.52. The third-order valence-corrected chi connectivity index (χ3v) is 9.18. The van der Waals surface area contributed by atoms with Gasteiger partial charge in [-0.2, -0.15) is 0 Å². The summed E-state index contributed by atoms with van der Waals surface area (Å²) in [5, 5.41) is 3.30. The first-order valence-electron chi connectivity index (χ1n) is 16.1. The number of rotatable bonds is 9. The molecule has 9 nitrogen and oxygen atoms in total. The smallest absolute Gasteiger partial charge is 0.266 e. The Hall–Kier alpha value is -3.30. The van der Waals surface area contributed by atoms with Gasteiger partial charge in [0.1, 0.15) is 5.75 Å². The van der Waals surface area contributed by atoms with Crippen LogP contribution in [0.3, 0.4) is 0 Å². The number of piperazine rings is 1. The molecule has 3 aliphatic heterocycles. The highest BCUT2D eigenvalue weighted by Crippen LogP contribution is 2.34. The molecule has 3 heterocycles. The van der Waals surface area contributed by atoms with Gasteiger partial charge >= 0.3 is 0 Å². The number of hydrogen-bond donors (Lipinski definition) is 1. The summed E-state index contributed by atoms with van der Waals surface area (Å²) in [6.07, 6.45) is 4.07. The largest absolute Gasteiger partial charge is 0.478 e. The molecule has 4 fully saturated rings. The van der Waals surface area contributed by atoms with Crippen molar-refractivity contribution in [1.29, 1.82) is 0 Å². The molecule has 2 amide bonds. The maximum Gasteiger partial charge on any atom is 0.266 e. The Bertz CT molecular complexity index is 1250. The zero-order valence-electron chi connectivity index (χ0n) is 25.8. The summed E-state index contributed by atoms with van der Waals surface area (Å²) in [7, 11) is 0. The van der Waals surface area contributed by atoms with Crippen LogP contribution in [0.5, 0.6) is 5.75 Å². The van der Waals surface area contributed by atoms with Crippen LogP contribution in [0.4, 0.5) is 11.4 Å². The lowest BCUT2D eigenvalue weighted by Crippen LogP contribution is -2.54. The number of nitrogens with zero attached hydrogens (tertiary/aromatic N) is 4. The summed E-state index contributed by atoms with van der Waals surface area (Å²) in [6.45, 7) is 12.4. The van der Waals surface area contributed by atoms with E-state index in [2.05, 4.69) is 50.3 Å². The number of ether oxygens (including phenoxy) is 2. The number of morpholine rings is 1. The Morgan fingerprint density at radius 3 is 2.40 bits per heavy atom. The van der Waals surface area contributed by atoms with Crippen molar-refractivity contribution in [2.75, 3.05) is 75.4 Å². The number of benzene rings is 2. The van der Waals surface area contributed by atoms with Crippen molar-refractivity contribution in [2.24, 2.45) is 5.92 Å². The average molecular weight is 590 g/mol. The lowest BCUT2D eigenvalue weighted by Gasteiger charge is -2.37. The van der Waals surface area contributed by atoms with E-state index in [1.807, 2.05) is 36.9 Å². The Morgan fingerprint density at radius 2 is 1.67 bits per heavy atom. The molecule has 0 unspecified atom stereocenters. The molecule has 9 heteroatoms. The minimum absolute atomic E-state index is 0.0129. The van der Waals surface area contributed by atoms with Crippen LogP contribution in [0.15, 0.2) is 48.5 Å². The molecule has 0 radical (unpaired) electrons. The number of piperidine rings is 1. The zero-order valence-corrected chi connectivity index (χ0v) is 25.8.